The van der Waals surface area contributed by atoms with Gasteiger partial charge in [-0.25, -0.2) is 0 Å². The van der Waals surface area contributed by atoms with Crippen molar-refractivity contribution in [2.24, 2.45) is 0 Å². The lowest BCUT2D eigenvalue weighted by atomic mass is 10.2. The molecule has 0 fully saturated rings. The average molecular weight is 356 g/mol. The minimum atomic E-state index is -0.336. The van der Waals surface area contributed by atoms with Crippen LogP contribution in [0, 0.1) is 0 Å². The number of carbonyl (C=O) groups excluding carboxylic acids is 1. The van der Waals surface area contributed by atoms with Gasteiger partial charge in [-0.15, -0.1) is 0 Å². The molecule has 0 saturated heterocycles. The molecule has 0 unspecified atom stereocenters. The van der Waals surface area contributed by atoms with Crippen molar-refractivity contribution in [3.8, 4) is 11.5 Å². The predicted molar refractivity (Wildman–Crippen MR) is 104 cm³/mol. The highest BCUT2D eigenvalue weighted by molar-refractivity contribution is 7.80. The van der Waals surface area contributed by atoms with Gasteiger partial charge in [-0.1, -0.05) is 30.3 Å². The number of amides is 1. The largest absolute Gasteiger partial charge is 0.496 e. The molecule has 0 aliphatic heterocycles. The molecule has 2 aromatic carbocycles. The summed E-state index contributed by atoms with van der Waals surface area (Å²) in [5.74, 6) is 1.03. The van der Waals surface area contributed by atoms with Crippen molar-refractivity contribution in [2.75, 3.05) is 19.0 Å². The van der Waals surface area contributed by atoms with E-state index in [0.29, 0.717) is 23.8 Å². The van der Waals surface area contributed by atoms with Crippen molar-refractivity contribution in [3.63, 3.8) is 0 Å². The zero-order valence-corrected chi connectivity index (χ0v) is 14.9. The summed E-state index contributed by atoms with van der Waals surface area (Å²) in [4.78, 5) is 12.0. The van der Waals surface area contributed by atoms with E-state index in [1.54, 1.807) is 13.2 Å². The highest BCUT2D eigenvalue weighted by Crippen LogP contribution is 2.23. The minimum absolute atomic E-state index is 0.196. The van der Waals surface area contributed by atoms with Crippen LogP contribution in [0.5, 0.6) is 11.5 Å². The SMILES string of the molecule is CCOc1ccccc1NC(=S)NC(=O)/C=C\c1ccccc1OC. The summed E-state index contributed by atoms with van der Waals surface area (Å²) in [7, 11) is 1.58. The lowest BCUT2D eigenvalue weighted by Gasteiger charge is -2.12. The van der Waals surface area contributed by atoms with Crippen molar-refractivity contribution >= 4 is 35.0 Å². The van der Waals surface area contributed by atoms with Gasteiger partial charge in [0.2, 0.25) is 5.91 Å². The molecule has 5 nitrogen and oxygen atoms in total. The Morgan fingerprint density at radius 3 is 2.52 bits per heavy atom. The smallest absolute Gasteiger partial charge is 0.250 e. The zero-order valence-electron chi connectivity index (χ0n) is 14.1. The van der Waals surface area contributed by atoms with Crippen LogP contribution in [0.4, 0.5) is 5.69 Å². The first-order valence-electron chi connectivity index (χ1n) is 7.79. The molecule has 25 heavy (non-hydrogen) atoms. The molecule has 0 radical (unpaired) electrons. The molecule has 2 N–H and O–H groups in total. The molecule has 2 aromatic rings. The fourth-order valence-electron chi connectivity index (χ4n) is 2.13. The van der Waals surface area contributed by atoms with Crippen LogP contribution in [0.2, 0.25) is 0 Å². The van der Waals surface area contributed by atoms with Gasteiger partial charge in [0, 0.05) is 11.6 Å². The highest BCUT2D eigenvalue weighted by atomic mass is 32.1. The van der Waals surface area contributed by atoms with Crippen molar-refractivity contribution in [3.05, 3.63) is 60.2 Å². The molecule has 130 valence electrons. The molecule has 0 aliphatic rings. The molecule has 0 atom stereocenters. The third-order valence-corrected chi connectivity index (χ3v) is 3.43. The number of carbonyl (C=O) groups is 1. The highest BCUT2D eigenvalue weighted by Gasteiger charge is 2.06. The van der Waals surface area contributed by atoms with Crippen LogP contribution >= 0.6 is 12.2 Å². The summed E-state index contributed by atoms with van der Waals surface area (Å²) in [6.45, 7) is 2.44. The zero-order chi connectivity index (χ0) is 18.1. The number of ether oxygens (including phenoxy) is 2. The number of para-hydroxylation sites is 3. The molecule has 2 rings (SSSR count). The van der Waals surface area contributed by atoms with Crippen LogP contribution in [-0.4, -0.2) is 24.7 Å². The molecule has 0 bridgehead atoms. The number of benzene rings is 2. The summed E-state index contributed by atoms with van der Waals surface area (Å²) in [6.07, 6.45) is 3.07. The molecule has 0 aromatic heterocycles. The Balaban J connectivity index is 1.96. The second-order valence-electron chi connectivity index (χ2n) is 4.95. The van der Waals surface area contributed by atoms with Gasteiger partial charge in [-0.3, -0.25) is 10.1 Å². The van der Waals surface area contributed by atoms with Crippen LogP contribution in [0.25, 0.3) is 6.08 Å². The number of thiocarbonyl (C=S) groups is 1. The Morgan fingerprint density at radius 1 is 1.12 bits per heavy atom. The minimum Gasteiger partial charge on any atom is -0.496 e. The summed E-state index contributed by atoms with van der Waals surface area (Å²) in [5.41, 5.74) is 1.50. The van der Waals surface area contributed by atoms with E-state index >= 15 is 0 Å². The fourth-order valence-corrected chi connectivity index (χ4v) is 2.34. The number of rotatable bonds is 6. The predicted octanol–water partition coefficient (Wildman–Crippen LogP) is 3.62. The molecular weight excluding hydrogens is 336 g/mol. The lowest BCUT2D eigenvalue weighted by Crippen LogP contribution is -2.32. The van der Waals surface area contributed by atoms with Crippen molar-refractivity contribution < 1.29 is 14.3 Å². The van der Waals surface area contributed by atoms with Gasteiger partial charge in [-0.2, -0.15) is 0 Å². The summed E-state index contributed by atoms with van der Waals surface area (Å²) < 4.78 is 10.7. The Kier molecular flexibility index (Phi) is 6.98. The third kappa shape index (κ3) is 5.61. The standard InChI is InChI=1S/C19H20N2O3S/c1-3-24-17-11-7-5-9-15(17)20-19(25)21-18(22)13-12-14-8-4-6-10-16(14)23-2/h4-13H,3H2,1-2H3,(H2,20,21,22,25)/b13-12-. The first-order chi connectivity index (χ1) is 12.1. The van der Waals surface area contributed by atoms with Crippen LogP contribution in [0.1, 0.15) is 12.5 Å². The molecule has 6 heteroatoms. The third-order valence-electron chi connectivity index (χ3n) is 3.23. The van der Waals surface area contributed by atoms with Gasteiger partial charge < -0.3 is 14.8 Å². The first kappa shape index (κ1) is 18.5. The molecule has 0 saturated carbocycles. The number of anilines is 1. The monoisotopic (exact) mass is 356 g/mol. The van der Waals surface area contributed by atoms with Gasteiger partial charge in [0.15, 0.2) is 5.11 Å². The average Bonchev–Trinajstić information content (AvgIpc) is 2.62. The van der Waals surface area contributed by atoms with E-state index in [-0.39, 0.29) is 11.0 Å². The van der Waals surface area contributed by atoms with E-state index in [4.69, 9.17) is 21.7 Å². The number of nitrogens with one attached hydrogen (secondary N) is 2. The lowest BCUT2D eigenvalue weighted by molar-refractivity contribution is -0.115. The quantitative estimate of drug-likeness (QED) is 0.611. The van der Waals surface area contributed by atoms with Gasteiger partial charge in [0.25, 0.3) is 0 Å². The first-order valence-corrected chi connectivity index (χ1v) is 8.19. The van der Waals surface area contributed by atoms with Gasteiger partial charge in [0.1, 0.15) is 11.5 Å². The summed E-state index contributed by atoms with van der Waals surface area (Å²) >= 11 is 5.18. The summed E-state index contributed by atoms with van der Waals surface area (Å²) in [5, 5.41) is 5.76. The molecule has 0 heterocycles. The van der Waals surface area contributed by atoms with Crippen LogP contribution < -0.4 is 20.1 Å². The van der Waals surface area contributed by atoms with E-state index in [1.807, 2.05) is 55.5 Å². The second kappa shape index (κ2) is 9.44. The molecule has 1 amide bonds. The summed E-state index contributed by atoms with van der Waals surface area (Å²) in [6, 6.07) is 14.8. The maximum atomic E-state index is 12.0. The number of hydrogen-bond acceptors (Lipinski definition) is 4. The van der Waals surface area contributed by atoms with E-state index < -0.39 is 0 Å². The second-order valence-corrected chi connectivity index (χ2v) is 5.36. The number of methoxy groups -OCH3 is 1. The normalized spacial score (nSPS) is 10.3. The molecular formula is C19H20N2O3S. The fraction of sp³-hybridized carbons (Fsp3) is 0.158. The maximum absolute atomic E-state index is 12.0. The van der Waals surface area contributed by atoms with Gasteiger partial charge >= 0.3 is 0 Å². The van der Waals surface area contributed by atoms with Crippen molar-refractivity contribution in [1.82, 2.24) is 5.32 Å². The molecule has 0 spiro atoms. The van der Waals surface area contributed by atoms with E-state index in [0.717, 1.165) is 5.56 Å². The van der Waals surface area contributed by atoms with Crippen LogP contribution in [-0.2, 0) is 4.79 Å². The Hall–Kier alpha value is -2.86. The van der Waals surface area contributed by atoms with Crippen LogP contribution in [0.15, 0.2) is 54.6 Å². The van der Waals surface area contributed by atoms with E-state index in [1.165, 1.54) is 6.08 Å². The van der Waals surface area contributed by atoms with Crippen LogP contribution in [0.3, 0.4) is 0 Å². The Labute approximate surface area is 152 Å². The van der Waals surface area contributed by atoms with Gasteiger partial charge in [0.05, 0.1) is 19.4 Å². The van der Waals surface area contributed by atoms with Crippen molar-refractivity contribution in [2.45, 2.75) is 6.92 Å². The topological polar surface area (TPSA) is 59.6 Å². The van der Waals surface area contributed by atoms with E-state index in [2.05, 4.69) is 10.6 Å². The Morgan fingerprint density at radius 2 is 1.80 bits per heavy atom. The van der Waals surface area contributed by atoms with Crippen molar-refractivity contribution in [1.29, 1.82) is 0 Å². The van der Waals surface area contributed by atoms with Gasteiger partial charge in [-0.05, 0) is 43.4 Å². The number of hydrogen-bond donors (Lipinski definition) is 2. The van der Waals surface area contributed by atoms with E-state index in [9.17, 15) is 4.79 Å². The maximum Gasteiger partial charge on any atom is 0.250 e. The Bertz CT molecular complexity index is 775. The molecule has 0 aliphatic carbocycles.